The third kappa shape index (κ3) is 4.72. The molecule has 0 aliphatic carbocycles. The number of anilines is 1. The number of fused-ring (bicyclic) bond motifs is 1. The molecule has 0 aliphatic heterocycles. The molecule has 1 heterocycles. The number of phenols is 1. The van der Waals surface area contributed by atoms with Gasteiger partial charge < -0.3 is 24.0 Å². The van der Waals surface area contributed by atoms with E-state index < -0.39 is 23.0 Å². The molecular weight excluding hydrogens is 470 g/mol. The molecule has 7 nitrogen and oxygen atoms in total. The van der Waals surface area contributed by atoms with Gasteiger partial charge in [0.15, 0.2) is 0 Å². The second-order valence-electron chi connectivity index (χ2n) is 8.10. The van der Waals surface area contributed by atoms with E-state index in [4.69, 9.17) is 9.47 Å². The number of aromatic nitrogens is 1. The summed E-state index contributed by atoms with van der Waals surface area (Å²) in [4.78, 5) is 28.3. The van der Waals surface area contributed by atoms with Crippen LogP contribution in [-0.4, -0.2) is 36.3 Å². The second kappa shape index (κ2) is 10.1. The van der Waals surface area contributed by atoms with E-state index in [1.54, 1.807) is 29.7 Å². The summed E-state index contributed by atoms with van der Waals surface area (Å²) in [5.41, 5.74) is 0.0340. The predicted octanol–water partition coefficient (Wildman–Crippen LogP) is 5.05. The summed E-state index contributed by atoms with van der Waals surface area (Å²) in [6.45, 7) is 1.93. The maximum absolute atomic E-state index is 14.0. The van der Waals surface area contributed by atoms with Crippen molar-refractivity contribution in [1.29, 1.82) is 0 Å². The summed E-state index contributed by atoms with van der Waals surface area (Å²) >= 11 is 0. The Balaban J connectivity index is 1.98. The number of methoxy groups -OCH3 is 2. The first-order chi connectivity index (χ1) is 17.2. The van der Waals surface area contributed by atoms with Crippen molar-refractivity contribution >= 4 is 22.5 Å². The number of amides is 1. The number of phenolic OH excluding ortho intramolecular Hbond substituents is 1. The molecule has 186 valence electrons. The Kier molecular flexibility index (Phi) is 6.91. The third-order valence-corrected chi connectivity index (χ3v) is 5.68. The quantitative estimate of drug-likeness (QED) is 0.389. The smallest absolute Gasteiger partial charge is 0.263 e. The van der Waals surface area contributed by atoms with Gasteiger partial charge in [-0.3, -0.25) is 9.59 Å². The first-order valence-corrected chi connectivity index (χ1v) is 11.2. The van der Waals surface area contributed by atoms with Crippen LogP contribution in [0.2, 0.25) is 0 Å². The summed E-state index contributed by atoms with van der Waals surface area (Å²) in [6.07, 6.45) is 1.82. The van der Waals surface area contributed by atoms with Crippen molar-refractivity contribution in [3.63, 3.8) is 0 Å². The van der Waals surface area contributed by atoms with Crippen molar-refractivity contribution < 1.29 is 28.2 Å². The fraction of sp³-hybridized carbons (Fsp3) is 0.185. The number of benzene rings is 3. The number of hydrogen-bond donors (Lipinski definition) is 1. The fourth-order valence-corrected chi connectivity index (χ4v) is 4.02. The van der Waals surface area contributed by atoms with Gasteiger partial charge in [0.2, 0.25) is 5.43 Å². The van der Waals surface area contributed by atoms with Crippen LogP contribution in [0.15, 0.2) is 65.6 Å². The zero-order valence-electron chi connectivity index (χ0n) is 19.9. The van der Waals surface area contributed by atoms with Crippen molar-refractivity contribution in [1.82, 2.24) is 4.57 Å². The molecule has 0 spiro atoms. The zero-order chi connectivity index (χ0) is 26.0. The topological polar surface area (TPSA) is 81.0 Å². The zero-order valence-corrected chi connectivity index (χ0v) is 19.9. The van der Waals surface area contributed by atoms with Crippen LogP contribution < -0.4 is 19.8 Å². The number of hydrogen-bond acceptors (Lipinski definition) is 5. The number of ether oxygens (including phenoxy) is 2. The van der Waals surface area contributed by atoms with Gasteiger partial charge in [0.25, 0.3) is 5.91 Å². The lowest BCUT2D eigenvalue weighted by Crippen LogP contribution is -2.35. The number of pyridine rings is 1. The molecule has 0 aliphatic rings. The van der Waals surface area contributed by atoms with Crippen LogP contribution in [-0.2, 0) is 0 Å². The monoisotopic (exact) mass is 494 g/mol. The van der Waals surface area contributed by atoms with E-state index in [9.17, 15) is 23.5 Å². The lowest BCUT2D eigenvalue weighted by Gasteiger charge is -2.23. The van der Waals surface area contributed by atoms with Crippen LogP contribution in [0.1, 0.15) is 23.7 Å². The van der Waals surface area contributed by atoms with Gasteiger partial charge in [0.1, 0.15) is 34.4 Å². The van der Waals surface area contributed by atoms with Gasteiger partial charge in [0, 0.05) is 54.1 Å². The highest BCUT2D eigenvalue weighted by Crippen LogP contribution is 2.29. The van der Waals surface area contributed by atoms with Gasteiger partial charge >= 0.3 is 0 Å². The summed E-state index contributed by atoms with van der Waals surface area (Å²) < 4.78 is 40.2. The molecular formula is C27H24F2N2O5. The Hall–Kier alpha value is -4.40. The van der Waals surface area contributed by atoms with Gasteiger partial charge in [0.05, 0.1) is 25.4 Å². The minimum absolute atomic E-state index is 0.000785. The van der Waals surface area contributed by atoms with Crippen LogP contribution in [0, 0.1) is 11.6 Å². The highest BCUT2D eigenvalue weighted by molar-refractivity contribution is 6.07. The minimum atomic E-state index is -0.839. The predicted molar refractivity (Wildman–Crippen MR) is 133 cm³/mol. The second-order valence-corrected chi connectivity index (χ2v) is 8.10. The number of carbonyl (C=O) groups is 1. The van der Waals surface area contributed by atoms with E-state index in [0.717, 1.165) is 12.1 Å². The fourth-order valence-electron chi connectivity index (χ4n) is 4.02. The minimum Gasteiger partial charge on any atom is -0.508 e. The molecule has 0 atom stereocenters. The Morgan fingerprint density at radius 2 is 1.61 bits per heavy atom. The number of carbonyl (C=O) groups excluding carboxylic acids is 1. The van der Waals surface area contributed by atoms with E-state index >= 15 is 0 Å². The summed E-state index contributed by atoms with van der Waals surface area (Å²) in [6, 6.07) is 12.0. The number of rotatable bonds is 7. The standard InChI is InChI=1S/C27H24F2N2O5/c1-4-7-30(18-9-16(28)8-17(29)10-18)27(34)24-15-31(19-11-21(35-2)14-22(12-19)36-3)25-13-20(32)5-6-23(25)26(24)33/h5-6,8-15,32H,4,7H2,1-3H3. The molecule has 0 radical (unpaired) electrons. The molecule has 1 aromatic heterocycles. The molecule has 0 unspecified atom stereocenters. The first-order valence-electron chi connectivity index (χ1n) is 11.2. The lowest BCUT2D eigenvalue weighted by molar-refractivity contribution is 0.0985. The highest BCUT2D eigenvalue weighted by atomic mass is 19.1. The lowest BCUT2D eigenvalue weighted by atomic mass is 10.1. The average Bonchev–Trinajstić information content (AvgIpc) is 2.86. The largest absolute Gasteiger partial charge is 0.508 e. The number of nitrogens with zero attached hydrogens (tertiary/aromatic N) is 2. The molecule has 9 heteroatoms. The molecule has 3 aromatic carbocycles. The van der Waals surface area contributed by atoms with Gasteiger partial charge in [-0.1, -0.05) is 6.92 Å². The van der Waals surface area contributed by atoms with Crippen molar-refractivity contribution in [2.75, 3.05) is 25.7 Å². The van der Waals surface area contributed by atoms with Gasteiger partial charge in [-0.25, -0.2) is 8.78 Å². The van der Waals surface area contributed by atoms with Crippen LogP contribution in [0.4, 0.5) is 14.5 Å². The van der Waals surface area contributed by atoms with E-state index in [2.05, 4.69) is 0 Å². The number of aromatic hydroxyl groups is 1. The van der Waals surface area contributed by atoms with E-state index in [-0.39, 0.29) is 28.9 Å². The maximum atomic E-state index is 14.0. The Morgan fingerprint density at radius 3 is 2.19 bits per heavy atom. The van der Waals surface area contributed by atoms with Gasteiger partial charge in [-0.15, -0.1) is 0 Å². The normalized spacial score (nSPS) is 10.9. The molecule has 1 N–H and O–H groups in total. The van der Waals surface area contributed by atoms with Crippen LogP contribution >= 0.6 is 0 Å². The summed E-state index contributed by atoms with van der Waals surface area (Å²) in [7, 11) is 2.98. The number of halogens is 2. The highest BCUT2D eigenvalue weighted by Gasteiger charge is 2.24. The average molecular weight is 494 g/mol. The van der Waals surface area contributed by atoms with E-state index in [0.29, 0.717) is 35.2 Å². The van der Waals surface area contributed by atoms with Crippen LogP contribution in [0.3, 0.4) is 0 Å². The Bertz CT molecular complexity index is 1470. The van der Waals surface area contributed by atoms with Gasteiger partial charge in [-0.2, -0.15) is 0 Å². The third-order valence-electron chi connectivity index (χ3n) is 5.68. The molecule has 0 saturated heterocycles. The van der Waals surface area contributed by atoms with Crippen LogP contribution in [0.5, 0.6) is 17.2 Å². The van der Waals surface area contributed by atoms with E-state index in [1.165, 1.54) is 43.5 Å². The molecule has 0 bridgehead atoms. The van der Waals surface area contributed by atoms with Crippen molar-refractivity contribution in [2.45, 2.75) is 13.3 Å². The molecule has 4 rings (SSSR count). The molecule has 36 heavy (non-hydrogen) atoms. The first kappa shape index (κ1) is 24.7. The Labute approximate surface area is 205 Å². The SMILES string of the molecule is CCCN(C(=O)c1cn(-c2cc(OC)cc(OC)c2)c2cc(O)ccc2c1=O)c1cc(F)cc(F)c1. The molecule has 4 aromatic rings. The van der Waals surface area contributed by atoms with Crippen molar-refractivity contribution in [3.8, 4) is 22.9 Å². The van der Waals surface area contributed by atoms with Crippen molar-refractivity contribution in [3.05, 3.63) is 88.2 Å². The maximum Gasteiger partial charge on any atom is 0.263 e. The molecule has 0 fully saturated rings. The van der Waals surface area contributed by atoms with Gasteiger partial charge in [-0.05, 0) is 30.7 Å². The molecule has 1 amide bonds. The summed E-state index contributed by atoms with van der Waals surface area (Å²) in [5, 5.41) is 10.3. The van der Waals surface area contributed by atoms with Crippen LogP contribution in [0.25, 0.3) is 16.6 Å². The van der Waals surface area contributed by atoms with Crippen molar-refractivity contribution in [2.24, 2.45) is 0 Å². The Morgan fingerprint density at radius 1 is 0.972 bits per heavy atom. The van der Waals surface area contributed by atoms with E-state index in [1.807, 2.05) is 0 Å². The summed E-state index contributed by atoms with van der Waals surface area (Å²) in [5.74, 6) is -1.54. The molecule has 0 saturated carbocycles.